The Hall–Kier alpha value is 0. The smallest absolute Gasteiger partial charge is 0.0590 e. The van der Waals surface area contributed by atoms with Crippen molar-refractivity contribution in [3.8, 4) is 0 Å². The fraction of sp³-hybridized carbons (Fsp3) is 1.00. The second-order valence-electron chi connectivity index (χ2n) is 7.78. The fourth-order valence-electron chi connectivity index (χ4n) is 0. The minimum absolute atomic E-state index is 0. The lowest BCUT2D eigenvalue weighted by molar-refractivity contribution is 1.09. The van der Waals surface area contributed by atoms with Gasteiger partial charge < -0.3 is 0 Å². The van der Waals surface area contributed by atoms with Crippen molar-refractivity contribution in [2.24, 2.45) is 0 Å². The highest BCUT2D eigenvalue weighted by Crippen LogP contribution is 1.59. The molecule has 0 rings (SSSR count). The van der Waals surface area contributed by atoms with E-state index in [1.54, 1.807) is 0 Å². The molecule has 0 aromatic rings. The van der Waals surface area contributed by atoms with Crippen LogP contribution in [0.15, 0.2) is 0 Å². The van der Waals surface area contributed by atoms with Gasteiger partial charge in [-0.2, -0.15) is 0 Å². The molecule has 41 heavy (non-hydrogen) atoms. The first kappa shape index (κ1) is 136. The van der Waals surface area contributed by atoms with Crippen LogP contribution in [0, 0.1) is 0 Å². The molecule has 0 spiro atoms. The van der Waals surface area contributed by atoms with E-state index in [9.17, 15) is 0 Å². The monoisotopic (exact) mass is 613 g/mol. The molecule has 0 unspecified atom stereocenters. The summed E-state index contributed by atoms with van der Waals surface area (Å²) in [7, 11) is 0. The van der Waals surface area contributed by atoms with Gasteiger partial charge in [0.25, 0.3) is 0 Å². The van der Waals surface area contributed by atoms with E-state index in [2.05, 4.69) is 152 Å². The minimum Gasteiger partial charge on any atom is -0.0776 e. The molecular weight excluding hydrogens is 492 g/mol. The molecule has 284 valence electrons. The molecule has 0 nitrogen and oxygen atoms in total. The molecule has 0 aliphatic heterocycles. The van der Waals surface area contributed by atoms with Gasteiger partial charge in [-0.1, -0.05) is 282 Å². The summed E-state index contributed by atoms with van der Waals surface area (Å²) in [5, 5.41) is 0. The third-order valence-electron chi connectivity index (χ3n) is 0. The van der Waals surface area contributed by atoms with Crippen molar-refractivity contribution in [1.82, 2.24) is 0 Å². The van der Waals surface area contributed by atoms with Crippen LogP contribution in [0.3, 0.4) is 0 Å². The zero-order chi connectivity index (χ0) is 29.8. The van der Waals surface area contributed by atoms with Crippen molar-refractivity contribution >= 4 is 0 Å². The zero-order valence-corrected chi connectivity index (χ0v) is 29.8. The van der Waals surface area contributed by atoms with Crippen molar-refractivity contribution in [1.29, 1.82) is 0 Å². The Morgan fingerprint density at radius 2 is 0.122 bits per heavy atom. The maximum atomic E-state index is 2.12. The molecule has 0 aromatic carbocycles. The van der Waals surface area contributed by atoms with Crippen LogP contribution in [0.2, 0.25) is 0 Å². The Balaban J connectivity index is -0.00000000749. The molecule has 0 atom stereocenters. The predicted molar refractivity (Wildman–Crippen MR) is 229 cm³/mol. The predicted octanol–water partition coefficient (Wildman–Crippen LogP) is 20.7. The molecule has 0 fully saturated rings. The van der Waals surface area contributed by atoms with Crippen LogP contribution in [-0.2, 0) is 0 Å². The molecule has 0 amide bonds. The first-order chi connectivity index (χ1) is 15.6. The van der Waals surface area contributed by atoms with Crippen molar-refractivity contribution < 1.29 is 0 Å². The molecule has 0 aliphatic rings. The summed E-state index contributed by atoms with van der Waals surface area (Å²) < 4.78 is 0. The van der Waals surface area contributed by atoms with Crippen LogP contribution in [0.25, 0.3) is 0 Å². The van der Waals surface area contributed by atoms with Gasteiger partial charge in [-0.25, -0.2) is 0 Å². The van der Waals surface area contributed by atoms with Crippen molar-refractivity contribution in [2.45, 2.75) is 282 Å². The van der Waals surface area contributed by atoms with Gasteiger partial charge >= 0.3 is 0 Å². The van der Waals surface area contributed by atoms with Gasteiger partial charge in [-0.15, -0.1) is 0 Å². The molecule has 0 bridgehead atoms. The average molecular weight is 613 g/mol. The number of hydrogen-bond acceptors (Lipinski definition) is 0. The third kappa shape index (κ3) is 0. The lowest BCUT2D eigenvalue weighted by atomic mass is 10.6. The number of hydrogen-bond donors (Lipinski definition) is 0. The summed E-state index contributed by atoms with van der Waals surface area (Å²) in [6.07, 6.45) is 13.8. The van der Waals surface area contributed by atoms with Gasteiger partial charge in [0, 0.05) is 0 Å². The van der Waals surface area contributed by atoms with Gasteiger partial charge in [0.05, 0.1) is 0 Å². The van der Waals surface area contributed by atoms with Crippen molar-refractivity contribution in [3.63, 3.8) is 0 Å². The Morgan fingerprint density at radius 3 is 0.122 bits per heavy atom. The van der Waals surface area contributed by atoms with E-state index in [0.717, 1.165) is 0 Å². The van der Waals surface area contributed by atoms with Crippen LogP contribution in [-0.4, -0.2) is 0 Å². The fourth-order valence-corrected chi connectivity index (χ4v) is 0. The topological polar surface area (TPSA) is 0 Å². The Bertz CT molecular complexity index is 38.1. The van der Waals surface area contributed by atoms with E-state index >= 15 is 0 Å². The molecule has 0 saturated heterocycles. The summed E-state index contributed by atoms with van der Waals surface area (Å²) in [5.41, 5.74) is 0. The highest BCUT2D eigenvalue weighted by atomic mass is 13.5. The average Bonchev–Trinajstić information content (AvgIpc) is 2.68. The van der Waals surface area contributed by atoms with Crippen molar-refractivity contribution in [3.05, 3.63) is 0 Å². The highest BCUT2D eigenvalue weighted by molar-refractivity contribution is 3.95. The van der Waals surface area contributed by atoms with Crippen molar-refractivity contribution in [2.75, 3.05) is 0 Å². The standard InChI is InChI=1S/11C3H8.8CH4/c11*1-3-2;;;;;;;;/h11*3H2,1-2H3;8*1H4. The lowest BCUT2D eigenvalue weighted by Gasteiger charge is -1.48. The molecule has 0 aromatic heterocycles. The van der Waals surface area contributed by atoms with E-state index < -0.39 is 0 Å². The zero-order valence-electron chi connectivity index (χ0n) is 29.8. The maximum absolute atomic E-state index is 2.12. The van der Waals surface area contributed by atoms with E-state index in [1.165, 1.54) is 70.6 Å². The number of rotatable bonds is 0. The first-order valence-electron chi connectivity index (χ1n) is 15.6. The second kappa shape index (κ2) is 503. The molecule has 0 N–H and O–H groups in total. The largest absolute Gasteiger partial charge is 0.0776 e. The Morgan fingerprint density at radius 1 is 0.122 bits per heavy atom. The van der Waals surface area contributed by atoms with Crippen LogP contribution in [0.1, 0.15) is 282 Å². The normalized spacial score (nSPS) is 4.83. The van der Waals surface area contributed by atoms with E-state index in [-0.39, 0.29) is 59.4 Å². The summed E-state index contributed by atoms with van der Waals surface area (Å²) in [6, 6.07) is 0. The van der Waals surface area contributed by atoms with E-state index in [4.69, 9.17) is 0 Å². The van der Waals surface area contributed by atoms with Gasteiger partial charge in [-0.3, -0.25) is 0 Å². The van der Waals surface area contributed by atoms with Crippen LogP contribution < -0.4 is 0 Å². The van der Waals surface area contributed by atoms with Gasteiger partial charge in [0.15, 0.2) is 0 Å². The van der Waals surface area contributed by atoms with E-state index in [0.29, 0.717) is 0 Å². The lowest BCUT2D eigenvalue weighted by Crippen LogP contribution is -1.27. The second-order valence-corrected chi connectivity index (χ2v) is 7.78. The van der Waals surface area contributed by atoms with E-state index in [1.807, 2.05) is 0 Å². The van der Waals surface area contributed by atoms with Gasteiger partial charge in [-0.05, 0) is 0 Å². The molecular formula is C41H120. The summed E-state index contributed by atoms with van der Waals surface area (Å²) in [4.78, 5) is 0. The Kier molecular flexibility index (Phi) is 1660. The summed E-state index contributed by atoms with van der Waals surface area (Å²) >= 11 is 0. The quantitative estimate of drug-likeness (QED) is 0.255. The SMILES string of the molecule is C.C.C.C.C.C.C.C.CCC.CCC.CCC.CCC.CCC.CCC.CCC.CCC.CCC.CCC.CCC. The molecule has 0 heteroatoms. The highest BCUT2D eigenvalue weighted by Gasteiger charge is 1.38. The minimum atomic E-state index is 0. The first-order valence-corrected chi connectivity index (χ1v) is 15.6. The van der Waals surface area contributed by atoms with Crippen LogP contribution in [0.5, 0.6) is 0 Å². The van der Waals surface area contributed by atoms with Gasteiger partial charge in [0.2, 0.25) is 0 Å². The van der Waals surface area contributed by atoms with Crippen LogP contribution in [0.4, 0.5) is 0 Å². The third-order valence-corrected chi connectivity index (χ3v) is 0. The summed E-state index contributed by atoms with van der Waals surface area (Å²) in [5.74, 6) is 0. The van der Waals surface area contributed by atoms with Crippen LogP contribution >= 0.6 is 0 Å². The molecule has 0 heterocycles. The maximum Gasteiger partial charge on any atom is -0.0590 e. The molecule has 0 aliphatic carbocycles. The molecule has 0 saturated carbocycles. The van der Waals surface area contributed by atoms with Gasteiger partial charge in [0.1, 0.15) is 0 Å². The molecule has 0 radical (unpaired) electrons. The Labute approximate surface area is 281 Å². The summed E-state index contributed by atoms with van der Waals surface area (Å²) in [6.45, 7) is 46.8.